The van der Waals surface area contributed by atoms with Crippen LogP contribution in [-0.4, -0.2) is 110 Å². The SMILES string of the molecule is CCCCCCCCCCCCCC/C=C\CCCCCCCCCCCCC(O)C(=O)NC(COC1OC(CO)C(O)C(O)C1O)C(O)C(O)CCC/C=C/CCCCCCCCCCCCCCCCCC. The van der Waals surface area contributed by atoms with Gasteiger partial charge in [0.25, 0.3) is 0 Å². The number of rotatable bonds is 55. The van der Waals surface area contributed by atoms with E-state index in [2.05, 4.69) is 43.5 Å². The summed E-state index contributed by atoms with van der Waals surface area (Å²) in [5, 5.41) is 76.3. The van der Waals surface area contributed by atoms with Gasteiger partial charge in [0.05, 0.1) is 25.4 Å². The van der Waals surface area contributed by atoms with Crippen LogP contribution in [0.5, 0.6) is 0 Å². The molecule has 0 aromatic carbocycles. The van der Waals surface area contributed by atoms with Crippen molar-refractivity contribution in [3.8, 4) is 0 Å². The first-order chi connectivity index (χ1) is 36.2. The Kier molecular flexibility index (Phi) is 49.9. The number of aliphatic hydroxyl groups is 7. The molecule has 0 aromatic heterocycles. The predicted molar refractivity (Wildman–Crippen MR) is 307 cm³/mol. The molecule has 0 bridgehead atoms. The van der Waals surface area contributed by atoms with Crippen LogP contribution in [-0.2, 0) is 14.3 Å². The lowest BCUT2D eigenvalue weighted by Crippen LogP contribution is -2.60. The molecule has 8 N–H and O–H groups in total. The maximum atomic E-state index is 13.2. The number of amides is 1. The number of carbonyl (C=O) groups excluding carboxylic acids is 1. The zero-order chi connectivity index (χ0) is 54.0. The zero-order valence-electron chi connectivity index (χ0n) is 48.1. The molecule has 0 aliphatic carbocycles. The number of allylic oxidation sites excluding steroid dienone is 4. The fourth-order valence-electron chi connectivity index (χ4n) is 10.3. The molecule has 0 saturated carbocycles. The molecule has 11 nitrogen and oxygen atoms in total. The molecule has 1 fully saturated rings. The largest absolute Gasteiger partial charge is 0.394 e. The van der Waals surface area contributed by atoms with E-state index in [4.69, 9.17) is 9.47 Å². The maximum absolute atomic E-state index is 13.2. The van der Waals surface area contributed by atoms with Crippen molar-refractivity contribution in [2.24, 2.45) is 0 Å². The van der Waals surface area contributed by atoms with E-state index in [9.17, 15) is 40.5 Å². The quantitative estimate of drug-likeness (QED) is 0.0215. The normalized spacial score (nSPS) is 19.9. The first kappa shape index (κ1) is 70.6. The molecule has 9 atom stereocenters. The Balaban J connectivity index is 2.27. The molecule has 9 unspecified atom stereocenters. The minimum Gasteiger partial charge on any atom is -0.394 e. The monoisotopic (exact) mass is 1050 g/mol. The van der Waals surface area contributed by atoms with E-state index in [0.29, 0.717) is 12.8 Å². The summed E-state index contributed by atoms with van der Waals surface area (Å²) in [5.74, 6) is -0.703. The highest BCUT2D eigenvalue weighted by molar-refractivity contribution is 5.80. The van der Waals surface area contributed by atoms with E-state index in [-0.39, 0.29) is 12.8 Å². The number of unbranched alkanes of at least 4 members (excludes halogenated alkanes) is 39. The van der Waals surface area contributed by atoms with Gasteiger partial charge in [0, 0.05) is 0 Å². The lowest BCUT2D eigenvalue weighted by Gasteiger charge is -2.40. The molecular formula is C63H121NO10. The third-order valence-corrected chi connectivity index (χ3v) is 15.5. The fourth-order valence-corrected chi connectivity index (χ4v) is 10.3. The van der Waals surface area contributed by atoms with Gasteiger partial charge in [-0.2, -0.15) is 0 Å². The molecule has 0 aromatic rings. The molecule has 1 aliphatic rings. The zero-order valence-corrected chi connectivity index (χ0v) is 48.1. The average molecular weight is 1050 g/mol. The second kappa shape index (κ2) is 52.3. The van der Waals surface area contributed by atoms with Gasteiger partial charge in [-0.1, -0.05) is 263 Å². The smallest absolute Gasteiger partial charge is 0.249 e. The standard InChI is InChI=1S/C63H121NO10/c1-3-5-7-9-11-13-15-17-19-21-23-25-26-27-28-29-31-33-35-37-39-41-43-45-47-49-51-56(67)62(72)64-54(53-73-63-61(71)60(70)59(69)57(52-65)74-63)58(68)55(66)50-48-46-44-42-40-38-36-34-32-30-24-22-20-18-16-14-12-10-8-6-4-2/h27-28,42,44,54-61,63,65-71H,3-26,29-41,43,45-53H2,1-2H3,(H,64,72)/b28-27-,44-42+. The van der Waals surface area contributed by atoms with Crippen LogP contribution in [0.3, 0.4) is 0 Å². The second-order valence-electron chi connectivity index (χ2n) is 22.5. The first-order valence-corrected chi connectivity index (χ1v) is 31.7. The molecule has 1 amide bonds. The van der Waals surface area contributed by atoms with Crippen LogP contribution in [0.4, 0.5) is 0 Å². The van der Waals surface area contributed by atoms with Crippen LogP contribution in [0.25, 0.3) is 0 Å². The van der Waals surface area contributed by atoms with Gasteiger partial charge in [-0.3, -0.25) is 4.79 Å². The molecule has 0 radical (unpaired) electrons. The van der Waals surface area contributed by atoms with E-state index in [1.54, 1.807) is 0 Å². The van der Waals surface area contributed by atoms with Gasteiger partial charge < -0.3 is 50.5 Å². The number of nitrogens with one attached hydrogen (secondary N) is 1. The lowest BCUT2D eigenvalue weighted by molar-refractivity contribution is -0.303. The average Bonchev–Trinajstić information content (AvgIpc) is 3.40. The van der Waals surface area contributed by atoms with Crippen molar-refractivity contribution in [3.63, 3.8) is 0 Å². The molecule has 1 saturated heterocycles. The minimum absolute atomic E-state index is 0.254. The van der Waals surface area contributed by atoms with Crippen LogP contribution in [0.15, 0.2) is 24.3 Å². The molecule has 1 heterocycles. The fraction of sp³-hybridized carbons (Fsp3) is 0.921. The van der Waals surface area contributed by atoms with Crippen molar-refractivity contribution in [1.82, 2.24) is 5.32 Å². The van der Waals surface area contributed by atoms with Crippen molar-refractivity contribution in [1.29, 1.82) is 0 Å². The highest BCUT2D eigenvalue weighted by Gasteiger charge is 2.44. The Morgan fingerprint density at radius 3 is 1.16 bits per heavy atom. The number of hydrogen-bond donors (Lipinski definition) is 8. The molecule has 438 valence electrons. The van der Waals surface area contributed by atoms with E-state index in [1.165, 1.54) is 225 Å². The molecule has 11 heteroatoms. The van der Waals surface area contributed by atoms with Crippen molar-refractivity contribution >= 4 is 5.91 Å². The van der Waals surface area contributed by atoms with Gasteiger partial charge in [-0.05, 0) is 64.2 Å². The summed E-state index contributed by atoms with van der Waals surface area (Å²) in [6, 6.07) is -1.18. The number of hydrogen-bond acceptors (Lipinski definition) is 10. The van der Waals surface area contributed by atoms with Crippen LogP contribution in [0.1, 0.15) is 303 Å². The first-order valence-electron chi connectivity index (χ1n) is 31.7. The van der Waals surface area contributed by atoms with Gasteiger partial charge in [-0.25, -0.2) is 0 Å². The Labute approximate surface area is 454 Å². The number of ether oxygens (including phenoxy) is 2. The van der Waals surface area contributed by atoms with E-state index >= 15 is 0 Å². The van der Waals surface area contributed by atoms with Crippen molar-refractivity contribution < 1.29 is 50.0 Å². The molecule has 1 aliphatic heterocycles. The lowest BCUT2D eigenvalue weighted by atomic mass is 9.98. The van der Waals surface area contributed by atoms with Gasteiger partial charge in [0.2, 0.25) is 5.91 Å². The summed E-state index contributed by atoms with van der Waals surface area (Å²) in [7, 11) is 0. The highest BCUT2D eigenvalue weighted by atomic mass is 16.7. The van der Waals surface area contributed by atoms with Gasteiger partial charge in [0.15, 0.2) is 6.29 Å². The summed E-state index contributed by atoms with van der Waals surface area (Å²) in [6.07, 6.45) is 52.4. The van der Waals surface area contributed by atoms with Gasteiger partial charge in [-0.15, -0.1) is 0 Å². The minimum atomic E-state index is -1.67. The van der Waals surface area contributed by atoms with E-state index < -0.39 is 74.2 Å². The number of carbonyl (C=O) groups is 1. The summed E-state index contributed by atoms with van der Waals surface area (Å²) < 4.78 is 11.2. The molecule has 0 spiro atoms. The Hall–Kier alpha value is -1.41. The van der Waals surface area contributed by atoms with E-state index in [0.717, 1.165) is 38.5 Å². The predicted octanol–water partition coefficient (Wildman–Crippen LogP) is 14.1. The molecular weight excluding hydrogens is 931 g/mol. The summed E-state index contributed by atoms with van der Waals surface area (Å²) >= 11 is 0. The maximum Gasteiger partial charge on any atom is 0.249 e. The van der Waals surface area contributed by atoms with Crippen molar-refractivity contribution in [2.45, 2.75) is 358 Å². The number of aliphatic hydroxyl groups excluding tert-OH is 7. The van der Waals surface area contributed by atoms with Crippen molar-refractivity contribution in [2.75, 3.05) is 13.2 Å². The van der Waals surface area contributed by atoms with E-state index in [1.807, 2.05) is 0 Å². The van der Waals surface area contributed by atoms with Crippen LogP contribution in [0.2, 0.25) is 0 Å². The van der Waals surface area contributed by atoms with Crippen LogP contribution in [0, 0.1) is 0 Å². The third-order valence-electron chi connectivity index (χ3n) is 15.5. The van der Waals surface area contributed by atoms with Crippen LogP contribution < -0.4 is 5.32 Å². The van der Waals surface area contributed by atoms with Crippen LogP contribution >= 0.6 is 0 Å². The summed E-state index contributed by atoms with van der Waals surface area (Å²) in [6.45, 7) is 3.48. The van der Waals surface area contributed by atoms with Crippen molar-refractivity contribution in [3.05, 3.63) is 24.3 Å². The second-order valence-corrected chi connectivity index (χ2v) is 22.5. The summed E-state index contributed by atoms with van der Waals surface area (Å²) in [5.41, 5.74) is 0. The third kappa shape index (κ3) is 39.9. The molecule has 1 rings (SSSR count). The van der Waals surface area contributed by atoms with Gasteiger partial charge in [0.1, 0.15) is 36.6 Å². The highest BCUT2D eigenvalue weighted by Crippen LogP contribution is 2.24. The topological polar surface area (TPSA) is 189 Å². The van der Waals surface area contributed by atoms with Gasteiger partial charge >= 0.3 is 0 Å². The Morgan fingerprint density at radius 2 is 0.797 bits per heavy atom. The summed E-state index contributed by atoms with van der Waals surface area (Å²) in [4.78, 5) is 13.2. The molecule has 74 heavy (non-hydrogen) atoms. The Bertz CT molecular complexity index is 1250. The Morgan fingerprint density at radius 1 is 0.459 bits per heavy atom.